The fraction of sp³-hybridized carbons (Fsp3) is 0.476. The van der Waals surface area contributed by atoms with Crippen molar-refractivity contribution in [1.82, 2.24) is 10.6 Å². The van der Waals surface area contributed by atoms with Crippen LogP contribution in [0.5, 0.6) is 0 Å². The van der Waals surface area contributed by atoms with Crippen molar-refractivity contribution < 1.29 is 33.9 Å². The molecule has 3 atom stereocenters. The fourth-order valence-corrected chi connectivity index (χ4v) is 3.42. The molecule has 0 spiro atoms. The summed E-state index contributed by atoms with van der Waals surface area (Å²) in [5.41, 5.74) is 1.29. The Morgan fingerprint density at radius 1 is 1.22 bits per heavy atom. The van der Waals surface area contributed by atoms with Gasteiger partial charge in [-0.05, 0) is 11.5 Å². The quantitative estimate of drug-likeness (QED) is 0.385. The third-order valence-corrected chi connectivity index (χ3v) is 5.26. The number of alkyl halides is 1. The summed E-state index contributed by atoms with van der Waals surface area (Å²) in [7, 11) is 0. The minimum atomic E-state index is -1.22. The summed E-state index contributed by atoms with van der Waals surface area (Å²) in [5, 5.41) is 17.9. The van der Waals surface area contributed by atoms with Crippen molar-refractivity contribution in [3.05, 3.63) is 35.9 Å². The number of nitrogens with zero attached hydrogens (tertiary/aromatic N) is 1. The van der Waals surface area contributed by atoms with Gasteiger partial charge in [0.25, 0.3) is 5.91 Å². The minimum Gasteiger partial charge on any atom is -0.481 e. The second-order valence-electron chi connectivity index (χ2n) is 7.57. The molecule has 32 heavy (non-hydrogen) atoms. The Bertz CT molecular complexity index is 860. The first-order valence-electron chi connectivity index (χ1n) is 10.0. The molecule has 3 N–H and O–H groups in total. The van der Waals surface area contributed by atoms with E-state index in [9.17, 15) is 19.2 Å². The molecule has 1 aliphatic rings. The van der Waals surface area contributed by atoms with Gasteiger partial charge in [0, 0.05) is 6.42 Å². The van der Waals surface area contributed by atoms with Crippen LogP contribution in [0.4, 0.5) is 4.79 Å². The molecule has 0 fully saturated rings. The molecule has 0 bridgehead atoms. The molecule has 1 aromatic carbocycles. The number of carbonyl (C=O) groups excluding carboxylic acids is 3. The Balaban J connectivity index is 1.92. The zero-order valence-corrected chi connectivity index (χ0v) is 19.3. The predicted octanol–water partition coefficient (Wildman–Crippen LogP) is 2.01. The summed E-state index contributed by atoms with van der Waals surface area (Å²) in [5.74, 6) is -2.41. The molecule has 0 radical (unpaired) electrons. The van der Waals surface area contributed by atoms with Crippen molar-refractivity contribution in [1.29, 1.82) is 0 Å². The maximum absolute atomic E-state index is 12.5. The van der Waals surface area contributed by atoms with E-state index in [2.05, 4.69) is 31.7 Å². The number of halogens is 1. The smallest absolute Gasteiger partial charge is 0.408 e. The Morgan fingerprint density at radius 2 is 1.91 bits per heavy atom. The van der Waals surface area contributed by atoms with Crippen LogP contribution in [0.25, 0.3) is 0 Å². The maximum Gasteiger partial charge on any atom is 0.408 e. The van der Waals surface area contributed by atoms with Crippen LogP contribution >= 0.6 is 15.9 Å². The Kier molecular flexibility index (Phi) is 9.63. The standard InChI is InChI=1S/C21H26BrN3O7/c1-12(2)19(24-21(30)31-11-13-6-4-3-5-7-13)15-8-17(32-25-15)20(29)23-14(9-18(27)28)16(26)10-22/h3-7,12,14,17,19H,8-11H2,1-2H3,(H,23,29)(H,24,30)(H,27,28)/t14-,17?,19-/m0/s1. The second kappa shape index (κ2) is 12.2. The number of benzene rings is 1. The average molecular weight is 512 g/mol. The van der Waals surface area contributed by atoms with E-state index in [-0.39, 0.29) is 24.3 Å². The molecule has 1 aliphatic heterocycles. The molecule has 1 aromatic rings. The van der Waals surface area contributed by atoms with Crippen LogP contribution in [0.1, 0.15) is 32.3 Å². The lowest BCUT2D eigenvalue weighted by atomic mass is 9.95. The van der Waals surface area contributed by atoms with Crippen molar-refractivity contribution in [3.8, 4) is 0 Å². The third-order valence-electron chi connectivity index (χ3n) is 4.71. The van der Waals surface area contributed by atoms with Crippen LogP contribution in [-0.2, 0) is 30.6 Å². The molecule has 2 rings (SSSR count). The number of amides is 2. The maximum atomic E-state index is 12.5. The molecule has 0 saturated heterocycles. The summed E-state index contributed by atoms with van der Waals surface area (Å²) in [6, 6.07) is 7.51. The monoisotopic (exact) mass is 511 g/mol. The molecular formula is C21H26BrN3O7. The van der Waals surface area contributed by atoms with Crippen LogP contribution in [-0.4, -0.2) is 58.1 Å². The molecule has 0 aliphatic carbocycles. The first kappa shape index (κ1) is 25.3. The van der Waals surface area contributed by atoms with Crippen LogP contribution in [0.3, 0.4) is 0 Å². The normalized spacial score (nSPS) is 17.0. The molecule has 0 aromatic heterocycles. The van der Waals surface area contributed by atoms with E-state index in [0.29, 0.717) is 5.71 Å². The Morgan fingerprint density at radius 3 is 2.50 bits per heavy atom. The fourth-order valence-electron chi connectivity index (χ4n) is 3.02. The number of carbonyl (C=O) groups is 4. The van der Waals surface area contributed by atoms with Crippen LogP contribution in [0.15, 0.2) is 35.5 Å². The third kappa shape index (κ3) is 7.63. The van der Waals surface area contributed by atoms with Gasteiger partial charge in [0.1, 0.15) is 6.61 Å². The number of ketones is 1. The number of hydrogen-bond acceptors (Lipinski definition) is 7. The summed E-state index contributed by atoms with van der Waals surface area (Å²) in [4.78, 5) is 52.8. The summed E-state index contributed by atoms with van der Waals surface area (Å²) in [6.07, 6.45) is -2.13. The number of carboxylic acids is 1. The number of hydrogen-bond donors (Lipinski definition) is 3. The van der Waals surface area contributed by atoms with E-state index in [0.717, 1.165) is 5.56 Å². The van der Waals surface area contributed by atoms with Gasteiger partial charge < -0.3 is 25.3 Å². The molecule has 1 unspecified atom stereocenters. The largest absolute Gasteiger partial charge is 0.481 e. The van der Waals surface area contributed by atoms with Gasteiger partial charge >= 0.3 is 12.1 Å². The zero-order valence-electron chi connectivity index (χ0n) is 17.7. The average Bonchev–Trinajstić information content (AvgIpc) is 3.25. The topological polar surface area (TPSA) is 143 Å². The Labute approximate surface area is 193 Å². The number of nitrogens with one attached hydrogen (secondary N) is 2. The van der Waals surface area contributed by atoms with E-state index in [1.807, 2.05) is 44.2 Å². The molecule has 0 saturated carbocycles. The summed E-state index contributed by atoms with van der Waals surface area (Å²) < 4.78 is 5.25. The number of alkyl carbamates (subject to hydrolysis) is 1. The van der Waals surface area contributed by atoms with E-state index in [4.69, 9.17) is 14.7 Å². The predicted molar refractivity (Wildman–Crippen MR) is 118 cm³/mol. The highest BCUT2D eigenvalue weighted by Gasteiger charge is 2.36. The van der Waals surface area contributed by atoms with E-state index >= 15 is 0 Å². The highest BCUT2D eigenvalue weighted by atomic mass is 79.9. The van der Waals surface area contributed by atoms with Gasteiger partial charge in [0.05, 0.1) is 29.5 Å². The first-order valence-corrected chi connectivity index (χ1v) is 11.1. The second-order valence-corrected chi connectivity index (χ2v) is 8.13. The molecule has 11 heteroatoms. The van der Waals surface area contributed by atoms with Crippen LogP contribution in [0, 0.1) is 5.92 Å². The molecular weight excluding hydrogens is 486 g/mol. The number of carboxylic acid groups (broad SMARTS) is 1. The van der Waals surface area contributed by atoms with Gasteiger partial charge in [-0.3, -0.25) is 14.4 Å². The van der Waals surface area contributed by atoms with Crippen molar-refractivity contribution >= 4 is 45.4 Å². The first-order chi connectivity index (χ1) is 15.2. The number of Topliss-reactive ketones (excluding diaryl/α,β-unsaturated/α-hetero) is 1. The Hall–Kier alpha value is -2.95. The van der Waals surface area contributed by atoms with Gasteiger partial charge in [0.2, 0.25) is 6.10 Å². The summed E-state index contributed by atoms with van der Waals surface area (Å²) >= 11 is 2.97. The van der Waals surface area contributed by atoms with Gasteiger partial charge in [-0.25, -0.2) is 4.79 Å². The lowest BCUT2D eigenvalue weighted by molar-refractivity contribution is -0.141. The van der Waals surface area contributed by atoms with Crippen LogP contribution in [0.2, 0.25) is 0 Å². The lowest BCUT2D eigenvalue weighted by Gasteiger charge is -2.21. The SMILES string of the molecule is CC(C)[C@H](NC(=O)OCc1ccccc1)C1=NOC(C(=O)N[C@@H](CC(=O)O)C(=O)CBr)C1. The molecule has 10 nitrogen and oxygen atoms in total. The van der Waals surface area contributed by atoms with Gasteiger partial charge in [0.15, 0.2) is 5.78 Å². The number of oxime groups is 1. The van der Waals surface area contributed by atoms with E-state index in [1.54, 1.807) is 0 Å². The number of aliphatic carboxylic acids is 1. The van der Waals surface area contributed by atoms with E-state index < -0.39 is 48.4 Å². The van der Waals surface area contributed by atoms with Crippen molar-refractivity contribution in [2.75, 3.05) is 5.33 Å². The summed E-state index contributed by atoms with van der Waals surface area (Å²) in [6.45, 7) is 3.85. The number of ether oxygens (including phenoxy) is 1. The molecule has 2 amide bonds. The highest BCUT2D eigenvalue weighted by Crippen LogP contribution is 2.18. The van der Waals surface area contributed by atoms with Gasteiger partial charge in [-0.15, -0.1) is 0 Å². The van der Waals surface area contributed by atoms with Crippen molar-refractivity contribution in [2.24, 2.45) is 11.1 Å². The van der Waals surface area contributed by atoms with Gasteiger partial charge in [-0.1, -0.05) is 65.3 Å². The zero-order chi connectivity index (χ0) is 23.7. The van der Waals surface area contributed by atoms with Crippen molar-refractivity contribution in [2.45, 2.75) is 51.5 Å². The van der Waals surface area contributed by atoms with E-state index in [1.165, 1.54) is 0 Å². The number of rotatable bonds is 11. The minimum absolute atomic E-state index is 0.0711. The lowest BCUT2D eigenvalue weighted by Crippen LogP contribution is -2.48. The molecule has 174 valence electrons. The van der Waals surface area contributed by atoms with Crippen LogP contribution < -0.4 is 10.6 Å². The molecule has 1 heterocycles. The highest BCUT2D eigenvalue weighted by molar-refractivity contribution is 9.09. The van der Waals surface area contributed by atoms with Crippen molar-refractivity contribution in [3.63, 3.8) is 0 Å². The van der Waals surface area contributed by atoms with Gasteiger partial charge in [-0.2, -0.15) is 0 Å².